The summed E-state index contributed by atoms with van der Waals surface area (Å²) in [6.45, 7) is 4.91. The first-order valence-electron chi connectivity index (χ1n) is 4.28. The van der Waals surface area contributed by atoms with E-state index in [0.717, 1.165) is 5.02 Å². The Morgan fingerprint density at radius 1 is 1.69 bits per heavy atom. The van der Waals surface area contributed by atoms with Gasteiger partial charge < -0.3 is 5.73 Å². The van der Waals surface area contributed by atoms with E-state index in [2.05, 4.69) is 19.9 Å². The van der Waals surface area contributed by atoms with Crippen molar-refractivity contribution in [2.75, 3.05) is 6.54 Å². The van der Waals surface area contributed by atoms with Gasteiger partial charge in [0.1, 0.15) is 0 Å². The lowest BCUT2D eigenvalue weighted by Gasteiger charge is -2.07. The van der Waals surface area contributed by atoms with Crippen LogP contribution in [-0.4, -0.2) is 6.54 Å². The summed E-state index contributed by atoms with van der Waals surface area (Å²) in [5.74, 6) is 0.505. The van der Waals surface area contributed by atoms with Crippen molar-refractivity contribution in [1.29, 1.82) is 0 Å². The zero-order valence-corrected chi connectivity index (χ0v) is 9.45. The van der Waals surface area contributed by atoms with Gasteiger partial charge in [-0.15, -0.1) is 11.3 Å². The smallest absolute Gasteiger partial charge is 0.0519 e. The van der Waals surface area contributed by atoms with Gasteiger partial charge in [0.05, 0.1) is 5.02 Å². The van der Waals surface area contributed by atoms with Gasteiger partial charge >= 0.3 is 0 Å². The fourth-order valence-electron chi connectivity index (χ4n) is 1.05. The molecule has 0 aliphatic rings. The number of hydrogen-bond acceptors (Lipinski definition) is 2. The van der Waals surface area contributed by atoms with Gasteiger partial charge in [-0.1, -0.05) is 31.0 Å². The fourth-order valence-corrected chi connectivity index (χ4v) is 2.09. The molecule has 0 spiro atoms. The molecule has 2 N–H and O–H groups in total. The molecule has 1 heterocycles. The van der Waals surface area contributed by atoms with Crippen LogP contribution in [0.5, 0.6) is 0 Å². The van der Waals surface area contributed by atoms with E-state index in [-0.39, 0.29) is 0 Å². The maximum Gasteiger partial charge on any atom is 0.0519 e. The zero-order valence-electron chi connectivity index (χ0n) is 7.88. The lowest BCUT2D eigenvalue weighted by Crippen LogP contribution is -2.07. The summed E-state index contributed by atoms with van der Waals surface area (Å²) in [6, 6.07) is 1.96. The van der Waals surface area contributed by atoms with E-state index in [4.69, 9.17) is 17.3 Å². The van der Waals surface area contributed by atoms with Gasteiger partial charge in [-0.25, -0.2) is 0 Å². The molecule has 0 aliphatic heterocycles. The predicted octanol–water partition coefficient (Wildman–Crippen LogP) is 3.40. The monoisotopic (exact) mass is 215 g/mol. The second-order valence-electron chi connectivity index (χ2n) is 3.25. The zero-order chi connectivity index (χ0) is 9.84. The van der Waals surface area contributed by atoms with E-state index < -0.39 is 0 Å². The summed E-state index contributed by atoms with van der Waals surface area (Å²) in [5.41, 5.74) is 6.89. The van der Waals surface area contributed by atoms with Crippen molar-refractivity contribution in [3.63, 3.8) is 0 Å². The molecule has 0 radical (unpaired) electrons. The summed E-state index contributed by atoms with van der Waals surface area (Å²) < 4.78 is 0. The Hall–Kier alpha value is -0.310. The number of halogens is 1. The standard InChI is InChI=1S/C10H14ClNS/c1-7(2)8(5-12)3-10-4-9(11)6-13-10/h3-4,6-7H,5,12H2,1-2H3. The van der Waals surface area contributed by atoms with Crippen molar-refractivity contribution in [3.8, 4) is 0 Å². The van der Waals surface area contributed by atoms with Crippen LogP contribution in [0.4, 0.5) is 0 Å². The van der Waals surface area contributed by atoms with E-state index >= 15 is 0 Å². The summed E-state index contributed by atoms with van der Waals surface area (Å²) in [4.78, 5) is 1.18. The Kier molecular flexibility index (Phi) is 3.97. The third kappa shape index (κ3) is 3.14. The predicted molar refractivity (Wildman–Crippen MR) is 61.2 cm³/mol. The Bertz CT molecular complexity index is 302. The molecule has 1 aromatic heterocycles. The molecule has 1 rings (SSSR count). The highest BCUT2D eigenvalue weighted by Gasteiger charge is 2.02. The molecule has 0 unspecified atom stereocenters. The van der Waals surface area contributed by atoms with Crippen LogP contribution in [-0.2, 0) is 0 Å². The van der Waals surface area contributed by atoms with Crippen molar-refractivity contribution >= 4 is 29.0 Å². The molecule has 0 amide bonds. The van der Waals surface area contributed by atoms with Crippen LogP contribution in [0.2, 0.25) is 5.02 Å². The summed E-state index contributed by atoms with van der Waals surface area (Å²) >= 11 is 7.46. The first-order chi connectivity index (χ1) is 6.13. The van der Waals surface area contributed by atoms with Gasteiger partial charge in [0.2, 0.25) is 0 Å². The van der Waals surface area contributed by atoms with Gasteiger partial charge in [-0.3, -0.25) is 0 Å². The third-order valence-corrected chi connectivity index (χ3v) is 3.12. The molecule has 0 bridgehead atoms. The highest BCUT2D eigenvalue weighted by Crippen LogP contribution is 2.23. The molecule has 0 aliphatic carbocycles. The SMILES string of the molecule is CC(C)C(=Cc1cc(Cl)cs1)CN. The van der Waals surface area contributed by atoms with E-state index in [9.17, 15) is 0 Å². The van der Waals surface area contributed by atoms with Gasteiger partial charge in [0.25, 0.3) is 0 Å². The van der Waals surface area contributed by atoms with Crippen LogP contribution in [0, 0.1) is 5.92 Å². The molecule has 0 saturated heterocycles. The lowest BCUT2D eigenvalue weighted by molar-refractivity contribution is 0.753. The van der Waals surface area contributed by atoms with Crippen LogP contribution in [0.3, 0.4) is 0 Å². The quantitative estimate of drug-likeness (QED) is 0.822. The first-order valence-corrected chi connectivity index (χ1v) is 5.53. The van der Waals surface area contributed by atoms with E-state index in [1.165, 1.54) is 10.5 Å². The minimum Gasteiger partial charge on any atom is -0.327 e. The second kappa shape index (κ2) is 4.80. The number of thiophene rings is 1. The van der Waals surface area contributed by atoms with Crippen LogP contribution in [0.1, 0.15) is 18.7 Å². The minimum absolute atomic E-state index is 0.505. The Morgan fingerprint density at radius 3 is 2.77 bits per heavy atom. The largest absolute Gasteiger partial charge is 0.327 e. The van der Waals surface area contributed by atoms with Gasteiger partial charge in [-0.05, 0) is 18.1 Å². The average Bonchev–Trinajstić information content (AvgIpc) is 2.46. The van der Waals surface area contributed by atoms with Gasteiger partial charge in [0, 0.05) is 16.8 Å². The number of hydrogen-bond donors (Lipinski definition) is 1. The highest BCUT2D eigenvalue weighted by atomic mass is 35.5. The minimum atomic E-state index is 0.505. The Labute approximate surface area is 88.2 Å². The van der Waals surface area contributed by atoms with Gasteiger partial charge in [-0.2, -0.15) is 0 Å². The summed E-state index contributed by atoms with van der Waals surface area (Å²) in [6.07, 6.45) is 2.13. The van der Waals surface area contributed by atoms with Crippen LogP contribution < -0.4 is 5.73 Å². The molecule has 0 atom stereocenters. The normalized spacial score (nSPS) is 12.5. The van der Waals surface area contributed by atoms with Crippen molar-refractivity contribution in [2.45, 2.75) is 13.8 Å². The van der Waals surface area contributed by atoms with Crippen LogP contribution in [0.15, 0.2) is 17.0 Å². The Morgan fingerprint density at radius 2 is 2.38 bits per heavy atom. The second-order valence-corrected chi connectivity index (χ2v) is 4.62. The van der Waals surface area contributed by atoms with E-state index in [1.807, 2.05) is 11.4 Å². The van der Waals surface area contributed by atoms with Crippen molar-refractivity contribution in [1.82, 2.24) is 0 Å². The van der Waals surface area contributed by atoms with Gasteiger partial charge in [0.15, 0.2) is 0 Å². The maximum atomic E-state index is 5.82. The maximum absolute atomic E-state index is 5.82. The molecule has 3 heteroatoms. The average molecular weight is 216 g/mol. The topological polar surface area (TPSA) is 26.0 Å². The van der Waals surface area contributed by atoms with Crippen molar-refractivity contribution in [3.05, 3.63) is 26.9 Å². The van der Waals surface area contributed by atoms with Crippen molar-refractivity contribution in [2.24, 2.45) is 11.7 Å². The molecule has 13 heavy (non-hydrogen) atoms. The molecule has 72 valence electrons. The lowest BCUT2D eigenvalue weighted by atomic mass is 10.0. The number of nitrogens with two attached hydrogens (primary N) is 1. The summed E-state index contributed by atoms with van der Waals surface area (Å²) in [5, 5.41) is 2.73. The Balaban J connectivity index is 2.84. The molecule has 0 fully saturated rings. The molecule has 1 aromatic rings. The molecule has 1 nitrogen and oxygen atoms in total. The highest BCUT2D eigenvalue weighted by molar-refractivity contribution is 7.11. The van der Waals surface area contributed by atoms with Crippen LogP contribution >= 0.6 is 22.9 Å². The molecular weight excluding hydrogens is 202 g/mol. The van der Waals surface area contributed by atoms with E-state index in [0.29, 0.717) is 12.5 Å². The van der Waals surface area contributed by atoms with E-state index in [1.54, 1.807) is 11.3 Å². The third-order valence-electron chi connectivity index (χ3n) is 1.89. The number of rotatable bonds is 3. The van der Waals surface area contributed by atoms with Crippen molar-refractivity contribution < 1.29 is 0 Å². The molecule has 0 saturated carbocycles. The van der Waals surface area contributed by atoms with Crippen LogP contribution in [0.25, 0.3) is 6.08 Å². The first kappa shape index (κ1) is 10.8. The molecular formula is C10H14ClNS. The summed E-state index contributed by atoms with van der Waals surface area (Å²) in [7, 11) is 0. The fraction of sp³-hybridized carbons (Fsp3) is 0.400. The molecule has 0 aromatic carbocycles.